The third-order valence-corrected chi connectivity index (χ3v) is 3.54. The Balaban J connectivity index is 0.00000361. The van der Waals surface area contributed by atoms with Gasteiger partial charge in [-0.15, -0.1) is 12.4 Å². The SMILES string of the molecule is CCC(C)C(N)C(=O)NCc1ccc(OC)c(Cl)c1.Cl. The highest BCUT2D eigenvalue weighted by atomic mass is 35.5. The summed E-state index contributed by atoms with van der Waals surface area (Å²) < 4.78 is 5.07. The van der Waals surface area contributed by atoms with E-state index < -0.39 is 6.04 Å². The standard InChI is InChI=1S/C14H21ClN2O2.ClH/c1-4-9(2)13(16)14(18)17-8-10-5-6-12(19-3)11(15)7-10;/h5-7,9,13H,4,8,16H2,1-3H3,(H,17,18);1H. The van der Waals surface area contributed by atoms with E-state index in [2.05, 4.69) is 5.32 Å². The van der Waals surface area contributed by atoms with Crippen LogP contribution < -0.4 is 15.8 Å². The molecular formula is C14H22Cl2N2O2. The van der Waals surface area contributed by atoms with Crippen LogP contribution in [0.2, 0.25) is 5.02 Å². The van der Waals surface area contributed by atoms with Crippen molar-refractivity contribution in [3.63, 3.8) is 0 Å². The highest BCUT2D eigenvalue weighted by molar-refractivity contribution is 6.32. The maximum atomic E-state index is 11.8. The summed E-state index contributed by atoms with van der Waals surface area (Å²) in [5, 5.41) is 3.34. The van der Waals surface area contributed by atoms with Crippen LogP contribution in [-0.2, 0) is 11.3 Å². The van der Waals surface area contributed by atoms with Crippen molar-refractivity contribution in [2.45, 2.75) is 32.9 Å². The molecule has 0 bridgehead atoms. The lowest BCUT2D eigenvalue weighted by Gasteiger charge is -2.17. The number of carbonyl (C=O) groups is 1. The first kappa shape index (κ1) is 19.0. The number of ether oxygens (including phenoxy) is 1. The molecule has 114 valence electrons. The molecule has 0 aromatic heterocycles. The maximum Gasteiger partial charge on any atom is 0.237 e. The number of methoxy groups -OCH3 is 1. The minimum atomic E-state index is -0.473. The summed E-state index contributed by atoms with van der Waals surface area (Å²) in [7, 11) is 1.56. The zero-order chi connectivity index (χ0) is 14.4. The lowest BCUT2D eigenvalue weighted by molar-refractivity contribution is -0.123. The molecule has 1 rings (SSSR count). The molecule has 0 spiro atoms. The number of hydrogen-bond donors (Lipinski definition) is 2. The number of benzene rings is 1. The van der Waals surface area contributed by atoms with Crippen molar-refractivity contribution in [3.8, 4) is 5.75 Å². The second-order valence-electron chi connectivity index (χ2n) is 4.60. The van der Waals surface area contributed by atoms with Crippen LogP contribution >= 0.6 is 24.0 Å². The van der Waals surface area contributed by atoms with Gasteiger partial charge in [0.15, 0.2) is 0 Å². The number of nitrogens with two attached hydrogens (primary N) is 1. The Kier molecular flexibility index (Phi) is 8.62. The smallest absolute Gasteiger partial charge is 0.237 e. The summed E-state index contributed by atoms with van der Waals surface area (Å²) in [6, 6.07) is 4.94. The minimum Gasteiger partial charge on any atom is -0.495 e. The number of amides is 1. The Morgan fingerprint density at radius 2 is 2.15 bits per heavy atom. The largest absolute Gasteiger partial charge is 0.495 e. The third kappa shape index (κ3) is 5.19. The van der Waals surface area contributed by atoms with E-state index in [0.717, 1.165) is 12.0 Å². The quantitative estimate of drug-likeness (QED) is 0.847. The van der Waals surface area contributed by atoms with Crippen molar-refractivity contribution in [2.24, 2.45) is 11.7 Å². The molecule has 0 heterocycles. The Hall–Kier alpha value is -0.970. The molecule has 0 aliphatic rings. The lowest BCUT2D eigenvalue weighted by atomic mass is 9.99. The van der Waals surface area contributed by atoms with Gasteiger partial charge < -0.3 is 15.8 Å². The molecule has 4 nitrogen and oxygen atoms in total. The summed E-state index contributed by atoms with van der Waals surface area (Å²) in [6.07, 6.45) is 0.878. The van der Waals surface area contributed by atoms with Crippen molar-refractivity contribution >= 4 is 29.9 Å². The van der Waals surface area contributed by atoms with Crippen LogP contribution in [0.3, 0.4) is 0 Å². The Morgan fingerprint density at radius 1 is 1.50 bits per heavy atom. The van der Waals surface area contributed by atoms with Crippen LogP contribution in [0.1, 0.15) is 25.8 Å². The summed E-state index contributed by atoms with van der Waals surface area (Å²) >= 11 is 6.02. The van der Waals surface area contributed by atoms with E-state index in [1.165, 1.54) is 0 Å². The van der Waals surface area contributed by atoms with Crippen molar-refractivity contribution < 1.29 is 9.53 Å². The fraction of sp³-hybridized carbons (Fsp3) is 0.500. The van der Waals surface area contributed by atoms with Gasteiger partial charge in [-0.2, -0.15) is 0 Å². The summed E-state index contributed by atoms with van der Waals surface area (Å²) in [6.45, 7) is 4.39. The second kappa shape index (κ2) is 9.06. The second-order valence-corrected chi connectivity index (χ2v) is 5.01. The van der Waals surface area contributed by atoms with Gasteiger partial charge in [0.2, 0.25) is 5.91 Å². The zero-order valence-corrected chi connectivity index (χ0v) is 13.6. The highest BCUT2D eigenvalue weighted by Gasteiger charge is 2.18. The molecule has 0 saturated heterocycles. The topological polar surface area (TPSA) is 64.4 Å². The predicted molar refractivity (Wildman–Crippen MR) is 84.5 cm³/mol. The normalized spacial score (nSPS) is 13.1. The highest BCUT2D eigenvalue weighted by Crippen LogP contribution is 2.24. The fourth-order valence-corrected chi connectivity index (χ4v) is 1.92. The van der Waals surface area contributed by atoms with Gasteiger partial charge in [-0.05, 0) is 23.6 Å². The van der Waals surface area contributed by atoms with Gasteiger partial charge in [0.25, 0.3) is 0 Å². The average Bonchev–Trinajstić information content (AvgIpc) is 2.43. The van der Waals surface area contributed by atoms with Crippen LogP contribution in [0.4, 0.5) is 0 Å². The Labute approximate surface area is 131 Å². The van der Waals surface area contributed by atoms with Gasteiger partial charge in [-0.1, -0.05) is 37.9 Å². The van der Waals surface area contributed by atoms with Crippen molar-refractivity contribution in [1.82, 2.24) is 5.32 Å². The maximum absolute atomic E-state index is 11.8. The van der Waals surface area contributed by atoms with Gasteiger partial charge in [-0.3, -0.25) is 4.79 Å². The van der Waals surface area contributed by atoms with Gasteiger partial charge in [0.1, 0.15) is 5.75 Å². The van der Waals surface area contributed by atoms with Gasteiger partial charge in [0.05, 0.1) is 18.2 Å². The summed E-state index contributed by atoms with van der Waals surface area (Å²) in [4.78, 5) is 11.8. The fourth-order valence-electron chi connectivity index (χ4n) is 1.64. The van der Waals surface area contributed by atoms with Crippen molar-refractivity contribution in [2.75, 3.05) is 7.11 Å². The summed E-state index contributed by atoms with van der Waals surface area (Å²) in [5.41, 5.74) is 6.77. The molecule has 1 aromatic carbocycles. The molecule has 0 aliphatic heterocycles. The van der Waals surface area contributed by atoms with E-state index in [4.69, 9.17) is 22.1 Å². The molecule has 2 unspecified atom stereocenters. The van der Waals surface area contributed by atoms with Crippen molar-refractivity contribution in [3.05, 3.63) is 28.8 Å². The van der Waals surface area contributed by atoms with Gasteiger partial charge >= 0.3 is 0 Å². The molecule has 6 heteroatoms. The minimum absolute atomic E-state index is 0. The molecule has 0 radical (unpaired) electrons. The first-order valence-corrected chi connectivity index (χ1v) is 6.73. The zero-order valence-electron chi connectivity index (χ0n) is 12.0. The molecule has 3 N–H and O–H groups in total. The van der Waals surface area contributed by atoms with Gasteiger partial charge in [-0.25, -0.2) is 0 Å². The molecular weight excluding hydrogens is 299 g/mol. The number of nitrogens with one attached hydrogen (secondary N) is 1. The van der Waals surface area contributed by atoms with Crippen LogP contribution in [0.15, 0.2) is 18.2 Å². The van der Waals surface area contributed by atoms with E-state index in [-0.39, 0.29) is 24.2 Å². The van der Waals surface area contributed by atoms with E-state index in [9.17, 15) is 4.79 Å². The van der Waals surface area contributed by atoms with Gasteiger partial charge in [0, 0.05) is 6.54 Å². The third-order valence-electron chi connectivity index (χ3n) is 3.24. The van der Waals surface area contributed by atoms with E-state index in [1.807, 2.05) is 19.9 Å². The number of rotatable bonds is 6. The monoisotopic (exact) mass is 320 g/mol. The van der Waals surface area contributed by atoms with E-state index in [1.54, 1.807) is 19.2 Å². The predicted octanol–water partition coefficient (Wildman–Crippen LogP) is 2.76. The van der Waals surface area contributed by atoms with Crippen LogP contribution in [-0.4, -0.2) is 19.1 Å². The first-order chi connectivity index (χ1) is 8.99. The lowest BCUT2D eigenvalue weighted by Crippen LogP contribution is -2.44. The molecule has 20 heavy (non-hydrogen) atoms. The Morgan fingerprint density at radius 3 is 2.65 bits per heavy atom. The van der Waals surface area contributed by atoms with E-state index in [0.29, 0.717) is 17.3 Å². The Bertz CT molecular complexity index is 441. The molecule has 1 amide bonds. The average molecular weight is 321 g/mol. The van der Waals surface area contributed by atoms with E-state index >= 15 is 0 Å². The molecule has 0 aliphatic carbocycles. The number of hydrogen-bond acceptors (Lipinski definition) is 3. The van der Waals surface area contributed by atoms with Crippen LogP contribution in [0.5, 0.6) is 5.75 Å². The molecule has 1 aromatic rings. The first-order valence-electron chi connectivity index (χ1n) is 6.35. The summed E-state index contributed by atoms with van der Waals surface area (Å²) in [5.74, 6) is 0.647. The molecule has 2 atom stereocenters. The van der Waals surface area contributed by atoms with Crippen LogP contribution in [0, 0.1) is 5.92 Å². The van der Waals surface area contributed by atoms with Crippen molar-refractivity contribution in [1.29, 1.82) is 0 Å². The molecule has 0 saturated carbocycles. The van der Waals surface area contributed by atoms with Crippen LogP contribution in [0.25, 0.3) is 0 Å². The molecule has 0 fully saturated rings. The number of carbonyl (C=O) groups excluding carboxylic acids is 1. The number of halogens is 2.